The smallest absolute Gasteiger partial charge is 0.325 e. The van der Waals surface area contributed by atoms with Gasteiger partial charge in [-0.2, -0.15) is 0 Å². The molecule has 0 fully saturated rings. The lowest BCUT2D eigenvalue weighted by Crippen LogP contribution is -2.37. The van der Waals surface area contributed by atoms with Crippen LogP contribution in [0.15, 0.2) is 121 Å². The van der Waals surface area contributed by atoms with Gasteiger partial charge in [-0.05, 0) is 35.1 Å². The summed E-state index contributed by atoms with van der Waals surface area (Å²) in [6, 6.07) is 37.9. The molecule has 0 spiro atoms. The highest BCUT2D eigenvalue weighted by Crippen LogP contribution is 2.17. The Bertz CT molecular complexity index is 1630. The molecular formula is C42H46N2O8S2. The molecule has 2 N–H and O–H groups in total. The lowest BCUT2D eigenvalue weighted by molar-refractivity contribution is -0.145. The Labute approximate surface area is 325 Å². The number of rotatable bonds is 18. The van der Waals surface area contributed by atoms with Crippen molar-refractivity contribution in [3.05, 3.63) is 144 Å². The largest absolute Gasteiger partial charge is 0.460 e. The summed E-state index contributed by atoms with van der Waals surface area (Å²) in [5.74, 6) is -1.57. The van der Waals surface area contributed by atoms with E-state index >= 15 is 0 Å². The molecule has 0 aromatic heterocycles. The number of thioether (sulfide) groups is 2. The van der Waals surface area contributed by atoms with Gasteiger partial charge in [0, 0.05) is 25.4 Å². The molecule has 12 heteroatoms. The van der Waals surface area contributed by atoms with Crippen LogP contribution in [0.1, 0.15) is 36.1 Å². The number of carbonyl (C=O) groups is 6. The molecule has 4 aromatic carbocycles. The summed E-state index contributed by atoms with van der Waals surface area (Å²) in [5.41, 5.74) is 3.79. The third-order valence-corrected chi connectivity index (χ3v) is 9.62. The molecule has 4 rings (SSSR count). The molecule has 0 saturated carbocycles. The maximum Gasteiger partial charge on any atom is 0.325 e. The second kappa shape index (κ2) is 24.9. The van der Waals surface area contributed by atoms with Crippen LogP contribution in [0.25, 0.3) is 0 Å². The third kappa shape index (κ3) is 18.5. The number of benzene rings is 4. The molecule has 0 bridgehead atoms. The molecule has 2 atom stereocenters. The van der Waals surface area contributed by atoms with E-state index < -0.39 is 23.8 Å². The molecular weight excluding hydrogens is 725 g/mol. The number of esters is 2. The van der Waals surface area contributed by atoms with E-state index in [1.54, 1.807) is 0 Å². The maximum atomic E-state index is 12.5. The SMILES string of the molecule is CC(=O)SCC(Cc1ccccc1)C(=O)NCC(=O)OCc1ccccc1.CC(=O)SC[C@H](Cc1ccccc1)C(=O)NCC(=O)OCc1ccccc1. The Morgan fingerprint density at radius 3 is 1.07 bits per heavy atom. The van der Waals surface area contributed by atoms with E-state index in [0.29, 0.717) is 24.3 Å². The Kier molecular flexibility index (Phi) is 19.9. The Morgan fingerprint density at radius 1 is 0.481 bits per heavy atom. The van der Waals surface area contributed by atoms with Crippen molar-refractivity contribution >= 4 is 57.5 Å². The van der Waals surface area contributed by atoms with Gasteiger partial charge in [0.05, 0.1) is 11.8 Å². The summed E-state index contributed by atoms with van der Waals surface area (Å²) in [7, 11) is 0. The summed E-state index contributed by atoms with van der Waals surface area (Å²) < 4.78 is 10.3. The predicted octanol–water partition coefficient (Wildman–Crippen LogP) is 5.97. The molecule has 10 nitrogen and oxygen atoms in total. The van der Waals surface area contributed by atoms with Crippen molar-refractivity contribution in [3.63, 3.8) is 0 Å². The second-order valence-corrected chi connectivity index (χ2v) is 14.5. The molecule has 4 aromatic rings. The minimum absolute atomic E-state index is 0.0388. The molecule has 0 heterocycles. The number of carbonyl (C=O) groups excluding carboxylic acids is 6. The van der Waals surface area contributed by atoms with Crippen LogP contribution in [-0.4, -0.2) is 58.6 Å². The molecule has 0 aliphatic carbocycles. The first-order chi connectivity index (χ1) is 26.1. The molecule has 284 valence electrons. The fourth-order valence-corrected chi connectivity index (χ4v) is 6.28. The first-order valence-corrected chi connectivity index (χ1v) is 19.3. The van der Waals surface area contributed by atoms with Crippen LogP contribution in [0.5, 0.6) is 0 Å². The minimum Gasteiger partial charge on any atom is -0.460 e. The zero-order valence-corrected chi connectivity index (χ0v) is 32.1. The normalized spacial score (nSPS) is 11.4. The first-order valence-electron chi connectivity index (χ1n) is 17.4. The molecule has 2 amide bonds. The summed E-state index contributed by atoms with van der Waals surface area (Å²) in [6.07, 6.45) is 1.01. The number of hydrogen-bond acceptors (Lipinski definition) is 10. The van der Waals surface area contributed by atoms with Crippen molar-refractivity contribution in [2.45, 2.75) is 39.9 Å². The predicted molar refractivity (Wildman–Crippen MR) is 212 cm³/mol. The maximum absolute atomic E-state index is 12.5. The highest BCUT2D eigenvalue weighted by atomic mass is 32.2. The average molecular weight is 771 g/mol. The number of hydrogen-bond donors (Lipinski definition) is 2. The quantitative estimate of drug-likeness (QED) is 0.116. The van der Waals surface area contributed by atoms with Gasteiger partial charge in [-0.3, -0.25) is 28.8 Å². The number of amides is 2. The highest BCUT2D eigenvalue weighted by molar-refractivity contribution is 8.13. The van der Waals surface area contributed by atoms with Crippen molar-refractivity contribution < 1.29 is 38.2 Å². The van der Waals surface area contributed by atoms with Crippen LogP contribution in [-0.2, 0) is 64.3 Å². The van der Waals surface area contributed by atoms with Gasteiger partial charge < -0.3 is 20.1 Å². The van der Waals surface area contributed by atoms with Gasteiger partial charge in [0.1, 0.15) is 26.3 Å². The number of ether oxygens (including phenoxy) is 2. The van der Waals surface area contributed by atoms with Crippen LogP contribution in [0.3, 0.4) is 0 Å². The van der Waals surface area contributed by atoms with E-state index in [1.165, 1.54) is 13.8 Å². The molecule has 1 unspecified atom stereocenters. The van der Waals surface area contributed by atoms with E-state index in [2.05, 4.69) is 10.6 Å². The van der Waals surface area contributed by atoms with Gasteiger partial charge in [0.2, 0.25) is 11.8 Å². The topological polar surface area (TPSA) is 145 Å². The standard InChI is InChI=1S/2C21H23NO4S/c2*1-16(23)27-15-19(12-17-8-4-2-5-9-17)21(25)22-13-20(24)26-14-18-10-6-3-7-11-18/h2*2-11,19H,12-15H2,1H3,(H,22,25)/t19-;/m0./s1. The third-order valence-electron chi connectivity index (χ3n) is 7.67. The fourth-order valence-electron chi connectivity index (χ4n) is 4.87. The highest BCUT2D eigenvalue weighted by Gasteiger charge is 2.22. The molecule has 0 aliphatic rings. The van der Waals surface area contributed by atoms with Crippen molar-refractivity contribution in [3.8, 4) is 0 Å². The van der Waals surface area contributed by atoms with Crippen LogP contribution in [0, 0.1) is 11.8 Å². The van der Waals surface area contributed by atoms with E-state index in [4.69, 9.17) is 9.47 Å². The van der Waals surface area contributed by atoms with E-state index in [1.807, 2.05) is 121 Å². The lowest BCUT2D eigenvalue weighted by atomic mass is 10.0. The second-order valence-electron chi connectivity index (χ2n) is 12.1. The van der Waals surface area contributed by atoms with E-state index in [-0.39, 0.29) is 48.3 Å². The fraction of sp³-hybridized carbons (Fsp3) is 0.286. The summed E-state index contributed by atoms with van der Waals surface area (Å²) in [4.78, 5) is 71.3. The average Bonchev–Trinajstić information content (AvgIpc) is 3.19. The van der Waals surface area contributed by atoms with Crippen LogP contribution >= 0.6 is 23.5 Å². The van der Waals surface area contributed by atoms with Crippen molar-refractivity contribution in [2.24, 2.45) is 11.8 Å². The minimum atomic E-state index is -0.495. The van der Waals surface area contributed by atoms with Gasteiger partial charge in [-0.1, -0.05) is 145 Å². The van der Waals surface area contributed by atoms with Gasteiger partial charge >= 0.3 is 11.9 Å². The van der Waals surface area contributed by atoms with Gasteiger partial charge in [0.15, 0.2) is 10.2 Å². The van der Waals surface area contributed by atoms with Gasteiger partial charge in [-0.25, -0.2) is 0 Å². The molecule has 0 radical (unpaired) electrons. The monoisotopic (exact) mass is 770 g/mol. The zero-order valence-electron chi connectivity index (χ0n) is 30.4. The van der Waals surface area contributed by atoms with Crippen LogP contribution in [0.4, 0.5) is 0 Å². The van der Waals surface area contributed by atoms with Crippen molar-refractivity contribution in [2.75, 3.05) is 24.6 Å². The molecule has 54 heavy (non-hydrogen) atoms. The Balaban J connectivity index is 0.000000290. The van der Waals surface area contributed by atoms with E-state index in [0.717, 1.165) is 45.8 Å². The van der Waals surface area contributed by atoms with Gasteiger partial charge in [-0.15, -0.1) is 0 Å². The van der Waals surface area contributed by atoms with Crippen molar-refractivity contribution in [1.82, 2.24) is 10.6 Å². The molecule has 0 saturated heterocycles. The summed E-state index contributed by atoms with van der Waals surface area (Å²) in [6.45, 7) is 2.90. The van der Waals surface area contributed by atoms with Crippen LogP contribution in [0.2, 0.25) is 0 Å². The first kappa shape index (κ1) is 43.2. The van der Waals surface area contributed by atoms with Crippen molar-refractivity contribution in [1.29, 1.82) is 0 Å². The summed E-state index contributed by atoms with van der Waals surface area (Å²) in [5, 5.41) is 5.17. The Hall–Kier alpha value is -5.20. The van der Waals surface area contributed by atoms with Gasteiger partial charge in [0.25, 0.3) is 0 Å². The molecule has 0 aliphatic heterocycles. The Morgan fingerprint density at radius 2 is 0.778 bits per heavy atom. The van der Waals surface area contributed by atoms with Crippen LogP contribution < -0.4 is 10.6 Å². The van der Waals surface area contributed by atoms with E-state index in [9.17, 15) is 28.8 Å². The summed E-state index contributed by atoms with van der Waals surface area (Å²) >= 11 is 2.23. The zero-order chi connectivity index (χ0) is 39.0. The lowest BCUT2D eigenvalue weighted by Gasteiger charge is -2.16. The number of nitrogens with one attached hydrogen (secondary N) is 2.